The fraction of sp³-hybridized carbons (Fsp3) is 0.409. The highest BCUT2D eigenvalue weighted by atomic mass is 16.5. The molecule has 1 aliphatic heterocycles. The normalized spacial score (nSPS) is 14.6. The number of ether oxygens (including phenoxy) is 2. The van der Waals surface area contributed by atoms with Crippen molar-refractivity contribution in [1.82, 2.24) is 4.90 Å². The van der Waals surface area contributed by atoms with Gasteiger partial charge in [-0.25, -0.2) is 0 Å². The minimum atomic E-state index is -0.205. The summed E-state index contributed by atoms with van der Waals surface area (Å²) in [6, 6.07) is 11.2. The summed E-state index contributed by atoms with van der Waals surface area (Å²) < 4.78 is 10.5. The van der Waals surface area contributed by atoms with E-state index in [0.29, 0.717) is 17.1 Å². The predicted octanol–water partition coefficient (Wildman–Crippen LogP) is 3.41. The molecule has 1 fully saturated rings. The van der Waals surface area contributed by atoms with Crippen LogP contribution in [0.4, 0.5) is 11.4 Å². The van der Waals surface area contributed by atoms with Crippen molar-refractivity contribution in [3.8, 4) is 11.5 Å². The van der Waals surface area contributed by atoms with Gasteiger partial charge >= 0.3 is 0 Å². The van der Waals surface area contributed by atoms with Crippen LogP contribution in [0.3, 0.4) is 0 Å². The second-order valence-electron chi connectivity index (χ2n) is 6.94. The van der Waals surface area contributed by atoms with E-state index in [-0.39, 0.29) is 5.91 Å². The molecule has 6 heteroatoms. The zero-order valence-electron chi connectivity index (χ0n) is 17.1. The van der Waals surface area contributed by atoms with Crippen LogP contribution in [0.1, 0.15) is 22.8 Å². The van der Waals surface area contributed by atoms with Crippen LogP contribution < -0.4 is 19.7 Å². The maximum Gasteiger partial charge on any atom is 0.259 e. The molecule has 0 unspecified atom stereocenters. The van der Waals surface area contributed by atoms with Gasteiger partial charge in [0, 0.05) is 43.6 Å². The molecular formula is C22H29N3O3. The van der Waals surface area contributed by atoms with Gasteiger partial charge in [-0.1, -0.05) is 6.92 Å². The molecule has 1 aliphatic rings. The molecule has 28 heavy (non-hydrogen) atoms. The van der Waals surface area contributed by atoms with E-state index in [2.05, 4.69) is 35.0 Å². The third-order valence-corrected chi connectivity index (χ3v) is 5.27. The van der Waals surface area contributed by atoms with Crippen LogP contribution in [0.25, 0.3) is 0 Å². The van der Waals surface area contributed by atoms with Gasteiger partial charge < -0.3 is 24.6 Å². The Morgan fingerprint density at radius 2 is 1.79 bits per heavy atom. The van der Waals surface area contributed by atoms with Crippen LogP contribution >= 0.6 is 0 Å². The van der Waals surface area contributed by atoms with Gasteiger partial charge in [0.1, 0.15) is 11.5 Å². The SMILES string of the molecule is CCN1CCN(c2ccc(NC(=O)c3ccc(OC)cc3OC)cc2C)CC1. The van der Waals surface area contributed by atoms with E-state index in [4.69, 9.17) is 9.47 Å². The summed E-state index contributed by atoms with van der Waals surface area (Å²) in [7, 11) is 3.13. The number of carbonyl (C=O) groups excluding carboxylic acids is 1. The second-order valence-corrected chi connectivity index (χ2v) is 6.94. The lowest BCUT2D eigenvalue weighted by molar-refractivity contribution is 0.102. The van der Waals surface area contributed by atoms with E-state index in [1.165, 1.54) is 5.69 Å². The molecular weight excluding hydrogens is 354 g/mol. The van der Waals surface area contributed by atoms with Crippen LogP contribution in [0.5, 0.6) is 11.5 Å². The molecule has 150 valence electrons. The number of amides is 1. The first-order valence-electron chi connectivity index (χ1n) is 9.67. The van der Waals surface area contributed by atoms with E-state index in [9.17, 15) is 4.79 Å². The van der Waals surface area contributed by atoms with Crippen molar-refractivity contribution < 1.29 is 14.3 Å². The van der Waals surface area contributed by atoms with E-state index >= 15 is 0 Å². The minimum absolute atomic E-state index is 0.205. The number of nitrogens with zero attached hydrogens (tertiary/aromatic N) is 2. The summed E-state index contributed by atoms with van der Waals surface area (Å²) in [6.07, 6.45) is 0. The molecule has 0 spiro atoms. The Morgan fingerprint density at radius 1 is 1.04 bits per heavy atom. The Balaban J connectivity index is 1.72. The molecule has 2 aromatic carbocycles. The highest BCUT2D eigenvalue weighted by Gasteiger charge is 2.18. The van der Waals surface area contributed by atoms with Gasteiger partial charge in [0.05, 0.1) is 19.8 Å². The smallest absolute Gasteiger partial charge is 0.259 e. The van der Waals surface area contributed by atoms with Gasteiger partial charge in [-0.3, -0.25) is 4.79 Å². The number of likely N-dealkylation sites (N-methyl/N-ethyl adjacent to an activating group) is 1. The number of piperazine rings is 1. The van der Waals surface area contributed by atoms with Crippen molar-refractivity contribution in [1.29, 1.82) is 0 Å². The van der Waals surface area contributed by atoms with Crippen LogP contribution in [0, 0.1) is 6.92 Å². The molecule has 6 nitrogen and oxygen atoms in total. The Morgan fingerprint density at radius 3 is 2.39 bits per heavy atom. The topological polar surface area (TPSA) is 54.0 Å². The Kier molecular flexibility index (Phi) is 6.41. The number of rotatable bonds is 6. The minimum Gasteiger partial charge on any atom is -0.497 e. The van der Waals surface area contributed by atoms with Crippen LogP contribution in [0.15, 0.2) is 36.4 Å². The van der Waals surface area contributed by atoms with Crippen LogP contribution in [-0.4, -0.2) is 57.8 Å². The van der Waals surface area contributed by atoms with E-state index < -0.39 is 0 Å². The first kappa shape index (κ1) is 20.0. The maximum atomic E-state index is 12.7. The summed E-state index contributed by atoms with van der Waals surface area (Å²) in [4.78, 5) is 17.6. The van der Waals surface area contributed by atoms with E-state index in [0.717, 1.165) is 44.0 Å². The van der Waals surface area contributed by atoms with Gasteiger partial charge in [0.2, 0.25) is 0 Å². The third kappa shape index (κ3) is 4.39. The average molecular weight is 383 g/mol. The first-order valence-corrected chi connectivity index (χ1v) is 9.67. The number of benzene rings is 2. The standard InChI is InChI=1S/C22H29N3O3/c1-5-24-10-12-25(13-11-24)20-9-6-17(14-16(20)2)23-22(26)19-8-7-18(27-3)15-21(19)28-4/h6-9,14-15H,5,10-13H2,1-4H3,(H,23,26). The van der Waals surface area contributed by atoms with Gasteiger partial charge in [0.15, 0.2) is 0 Å². The van der Waals surface area contributed by atoms with Gasteiger partial charge in [0.25, 0.3) is 5.91 Å². The van der Waals surface area contributed by atoms with E-state index in [1.54, 1.807) is 32.4 Å². The monoisotopic (exact) mass is 383 g/mol. The highest BCUT2D eigenvalue weighted by Crippen LogP contribution is 2.27. The first-order chi connectivity index (χ1) is 13.5. The number of hydrogen-bond donors (Lipinski definition) is 1. The van der Waals surface area contributed by atoms with Crippen LogP contribution in [0.2, 0.25) is 0 Å². The highest BCUT2D eigenvalue weighted by molar-refractivity contribution is 6.06. The number of methoxy groups -OCH3 is 2. The lowest BCUT2D eigenvalue weighted by atomic mass is 10.1. The molecule has 1 heterocycles. The Labute approximate surface area is 167 Å². The van der Waals surface area contributed by atoms with E-state index in [1.807, 2.05) is 12.1 Å². The second kappa shape index (κ2) is 8.97. The van der Waals surface area contributed by atoms with Crippen LogP contribution in [-0.2, 0) is 0 Å². The van der Waals surface area contributed by atoms with Crippen molar-refractivity contribution in [2.45, 2.75) is 13.8 Å². The summed E-state index contributed by atoms with van der Waals surface area (Å²) in [5, 5.41) is 2.97. The van der Waals surface area contributed by atoms with Crippen molar-refractivity contribution in [2.75, 3.05) is 57.2 Å². The summed E-state index contributed by atoms with van der Waals surface area (Å²) in [6.45, 7) is 9.64. The third-order valence-electron chi connectivity index (χ3n) is 5.27. The summed E-state index contributed by atoms with van der Waals surface area (Å²) in [5.41, 5.74) is 3.64. The summed E-state index contributed by atoms with van der Waals surface area (Å²) >= 11 is 0. The van der Waals surface area contributed by atoms with Gasteiger partial charge in [-0.15, -0.1) is 0 Å². The Bertz CT molecular complexity index is 830. The molecule has 0 saturated carbocycles. The Hall–Kier alpha value is -2.73. The number of hydrogen-bond acceptors (Lipinski definition) is 5. The quantitative estimate of drug-likeness (QED) is 0.829. The number of carbonyl (C=O) groups is 1. The molecule has 1 amide bonds. The molecule has 1 N–H and O–H groups in total. The average Bonchev–Trinajstić information content (AvgIpc) is 2.73. The zero-order valence-corrected chi connectivity index (χ0v) is 17.1. The maximum absolute atomic E-state index is 12.7. The molecule has 0 aromatic heterocycles. The fourth-order valence-electron chi connectivity index (χ4n) is 3.58. The lowest BCUT2D eigenvalue weighted by Gasteiger charge is -2.36. The molecule has 2 aromatic rings. The zero-order chi connectivity index (χ0) is 20.1. The molecule has 1 saturated heterocycles. The van der Waals surface area contributed by atoms with Crippen molar-refractivity contribution in [2.24, 2.45) is 0 Å². The molecule has 0 bridgehead atoms. The summed E-state index contributed by atoms with van der Waals surface area (Å²) in [5.74, 6) is 0.930. The largest absolute Gasteiger partial charge is 0.497 e. The van der Waals surface area contributed by atoms with Crippen molar-refractivity contribution in [3.05, 3.63) is 47.5 Å². The molecule has 0 atom stereocenters. The fourth-order valence-corrected chi connectivity index (χ4v) is 3.58. The number of anilines is 2. The van der Waals surface area contributed by atoms with Gasteiger partial charge in [-0.2, -0.15) is 0 Å². The lowest BCUT2D eigenvalue weighted by Crippen LogP contribution is -2.46. The molecule has 0 aliphatic carbocycles. The predicted molar refractivity (Wildman–Crippen MR) is 113 cm³/mol. The molecule has 0 radical (unpaired) electrons. The molecule has 3 rings (SSSR count). The number of aryl methyl sites for hydroxylation is 1. The number of nitrogens with one attached hydrogen (secondary N) is 1. The van der Waals surface area contributed by atoms with Crippen molar-refractivity contribution in [3.63, 3.8) is 0 Å². The van der Waals surface area contributed by atoms with Gasteiger partial charge in [-0.05, 0) is 49.4 Å². The van der Waals surface area contributed by atoms with Crippen molar-refractivity contribution >= 4 is 17.3 Å².